The second kappa shape index (κ2) is 4.81. The molecule has 0 atom stereocenters. The second-order valence-electron chi connectivity index (χ2n) is 3.16. The normalized spacial score (nSPS) is 10.4. The Hall–Kier alpha value is -1.83. The molecule has 0 aliphatic carbocycles. The smallest absolute Gasteiger partial charge is 0.397 e. The van der Waals surface area contributed by atoms with Crippen LogP contribution in [0.25, 0.3) is 11.4 Å². The van der Waals surface area contributed by atoms with E-state index in [9.17, 15) is 13.6 Å². The van der Waals surface area contributed by atoms with Crippen molar-refractivity contribution in [2.45, 2.75) is 0 Å². The van der Waals surface area contributed by atoms with Gasteiger partial charge in [-0.3, -0.25) is 0 Å². The van der Waals surface area contributed by atoms with E-state index in [1.807, 2.05) is 0 Å². The highest BCUT2D eigenvalue weighted by atomic mass is 79.9. The van der Waals surface area contributed by atoms with Crippen molar-refractivity contribution in [2.75, 3.05) is 7.11 Å². The zero-order valence-corrected chi connectivity index (χ0v) is 10.5. The molecule has 0 unspecified atom stereocenters. The van der Waals surface area contributed by atoms with Crippen LogP contribution < -0.4 is 0 Å². The number of nitrogens with zero attached hydrogens (tertiary/aromatic N) is 2. The lowest BCUT2D eigenvalue weighted by Gasteiger charge is -2.00. The fraction of sp³-hybridized carbons (Fsp3) is 0.100. The molecule has 0 bridgehead atoms. The van der Waals surface area contributed by atoms with Crippen LogP contribution in [0.15, 0.2) is 21.1 Å². The van der Waals surface area contributed by atoms with E-state index in [1.54, 1.807) is 0 Å². The van der Waals surface area contributed by atoms with Crippen LogP contribution in [0.2, 0.25) is 0 Å². The summed E-state index contributed by atoms with van der Waals surface area (Å²) in [5.74, 6) is -3.31. The van der Waals surface area contributed by atoms with Gasteiger partial charge in [0.1, 0.15) is 0 Å². The lowest BCUT2D eigenvalue weighted by molar-refractivity contribution is 0.0545. The number of carbonyl (C=O) groups excluding carboxylic acids is 1. The van der Waals surface area contributed by atoms with Crippen molar-refractivity contribution in [3.63, 3.8) is 0 Å². The zero-order valence-electron chi connectivity index (χ0n) is 8.91. The largest absolute Gasteiger partial charge is 0.462 e. The van der Waals surface area contributed by atoms with Crippen LogP contribution in [0.3, 0.4) is 0 Å². The minimum absolute atomic E-state index is 0.0545. The Bertz CT molecular complexity index is 615. The lowest BCUT2D eigenvalue weighted by Crippen LogP contribution is -2.01. The molecular weight excluding hydrogens is 314 g/mol. The maximum absolute atomic E-state index is 13.1. The number of carbonyl (C=O) groups is 1. The number of hydrogen-bond acceptors (Lipinski definition) is 5. The highest BCUT2D eigenvalue weighted by Crippen LogP contribution is 2.28. The first-order valence-corrected chi connectivity index (χ1v) is 5.39. The van der Waals surface area contributed by atoms with Gasteiger partial charge in [0.15, 0.2) is 11.6 Å². The third-order valence-electron chi connectivity index (χ3n) is 2.04. The molecule has 0 radical (unpaired) electrons. The van der Waals surface area contributed by atoms with Crippen molar-refractivity contribution in [1.82, 2.24) is 10.1 Å². The van der Waals surface area contributed by atoms with E-state index < -0.39 is 17.6 Å². The molecule has 94 valence electrons. The third-order valence-corrected chi connectivity index (χ3v) is 2.69. The molecule has 0 aliphatic heterocycles. The summed E-state index contributed by atoms with van der Waals surface area (Å²) in [6, 6.07) is 1.82. The maximum Gasteiger partial charge on any atom is 0.397 e. The summed E-state index contributed by atoms with van der Waals surface area (Å²) in [5, 5.41) is 3.48. The SMILES string of the molecule is COC(=O)c1nc(-c2cc(F)c(F)cc2Br)no1. The minimum atomic E-state index is -1.06. The van der Waals surface area contributed by atoms with Gasteiger partial charge in [-0.25, -0.2) is 13.6 Å². The lowest BCUT2D eigenvalue weighted by atomic mass is 10.2. The van der Waals surface area contributed by atoms with Gasteiger partial charge in [-0.2, -0.15) is 4.98 Å². The number of halogens is 3. The summed E-state index contributed by atoms with van der Waals surface area (Å²) in [6.07, 6.45) is 0. The standard InChI is InChI=1S/C10H5BrF2N2O3/c1-17-10(16)9-14-8(15-18-9)4-2-6(12)7(13)3-5(4)11/h2-3H,1H3. The molecule has 1 heterocycles. The topological polar surface area (TPSA) is 65.2 Å². The molecule has 1 aromatic carbocycles. The highest BCUT2D eigenvalue weighted by Gasteiger charge is 2.19. The van der Waals surface area contributed by atoms with E-state index in [-0.39, 0.29) is 21.8 Å². The number of rotatable bonds is 2. The van der Waals surface area contributed by atoms with Crippen LogP contribution >= 0.6 is 15.9 Å². The maximum atomic E-state index is 13.1. The van der Waals surface area contributed by atoms with Crippen molar-refractivity contribution in [2.24, 2.45) is 0 Å². The fourth-order valence-electron chi connectivity index (χ4n) is 1.20. The second-order valence-corrected chi connectivity index (χ2v) is 4.02. The Morgan fingerprint density at radius 3 is 2.72 bits per heavy atom. The first kappa shape index (κ1) is 12.6. The van der Waals surface area contributed by atoms with E-state index >= 15 is 0 Å². The first-order valence-electron chi connectivity index (χ1n) is 4.60. The average molecular weight is 319 g/mol. The van der Waals surface area contributed by atoms with Crippen LogP contribution in [0.1, 0.15) is 10.7 Å². The molecule has 0 spiro atoms. The van der Waals surface area contributed by atoms with Gasteiger partial charge < -0.3 is 9.26 Å². The molecule has 2 rings (SSSR count). The van der Waals surface area contributed by atoms with Gasteiger partial charge in [-0.1, -0.05) is 5.16 Å². The quantitative estimate of drug-likeness (QED) is 0.629. The number of benzene rings is 1. The number of methoxy groups -OCH3 is 1. The molecule has 0 saturated heterocycles. The summed E-state index contributed by atoms with van der Waals surface area (Å²) in [5.41, 5.74) is 0.160. The van der Waals surface area contributed by atoms with Gasteiger partial charge in [0.25, 0.3) is 0 Å². The predicted molar refractivity (Wildman–Crippen MR) is 58.7 cm³/mol. The molecule has 2 aromatic rings. The van der Waals surface area contributed by atoms with Gasteiger partial charge in [0.2, 0.25) is 5.82 Å². The average Bonchev–Trinajstić information content (AvgIpc) is 2.82. The monoisotopic (exact) mass is 318 g/mol. The summed E-state index contributed by atoms with van der Waals surface area (Å²) in [4.78, 5) is 14.8. The van der Waals surface area contributed by atoms with Crippen LogP contribution in [-0.4, -0.2) is 23.2 Å². The van der Waals surface area contributed by atoms with Crippen molar-refractivity contribution < 1.29 is 22.8 Å². The Kier molecular flexibility index (Phi) is 3.37. The van der Waals surface area contributed by atoms with Crippen LogP contribution in [0.4, 0.5) is 8.78 Å². The minimum Gasteiger partial charge on any atom is -0.462 e. The zero-order chi connectivity index (χ0) is 13.3. The van der Waals surface area contributed by atoms with Crippen LogP contribution in [0, 0.1) is 11.6 Å². The Balaban J connectivity index is 2.46. The van der Waals surface area contributed by atoms with E-state index in [4.69, 9.17) is 0 Å². The molecule has 0 aliphatic rings. The molecule has 1 aromatic heterocycles. The Morgan fingerprint density at radius 2 is 2.06 bits per heavy atom. The molecule has 0 N–H and O–H groups in total. The van der Waals surface area contributed by atoms with E-state index in [0.29, 0.717) is 0 Å². The van der Waals surface area contributed by atoms with Crippen molar-refractivity contribution >= 4 is 21.9 Å². The van der Waals surface area contributed by atoms with Crippen molar-refractivity contribution in [3.05, 3.63) is 34.1 Å². The molecular formula is C10H5BrF2N2O3. The molecule has 18 heavy (non-hydrogen) atoms. The van der Waals surface area contributed by atoms with Crippen LogP contribution in [-0.2, 0) is 4.74 Å². The molecule has 0 amide bonds. The van der Waals surface area contributed by atoms with Gasteiger partial charge in [0.05, 0.1) is 7.11 Å². The van der Waals surface area contributed by atoms with E-state index in [1.165, 1.54) is 0 Å². The Morgan fingerprint density at radius 1 is 1.39 bits per heavy atom. The van der Waals surface area contributed by atoms with Crippen molar-refractivity contribution in [3.8, 4) is 11.4 Å². The van der Waals surface area contributed by atoms with E-state index in [2.05, 4.69) is 35.3 Å². The predicted octanol–water partition coefficient (Wildman–Crippen LogP) is 2.56. The number of hydrogen-bond donors (Lipinski definition) is 0. The number of aromatic nitrogens is 2. The van der Waals surface area contributed by atoms with Crippen LogP contribution in [0.5, 0.6) is 0 Å². The fourth-order valence-corrected chi connectivity index (χ4v) is 1.69. The van der Waals surface area contributed by atoms with Crippen molar-refractivity contribution in [1.29, 1.82) is 0 Å². The first-order chi connectivity index (χ1) is 8.52. The summed E-state index contributed by atoms with van der Waals surface area (Å²) in [6.45, 7) is 0. The molecule has 5 nitrogen and oxygen atoms in total. The summed E-state index contributed by atoms with van der Waals surface area (Å²) < 4.78 is 35.3. The van der Waals surface area contributed by atoms with E-state index in [0.717, 1.165) is 19.2 Å². The number of ether oxygens (including phenoxy) is 1. The molecule has 8 heteroatoms. The van der Waals surface area contributed by atoms with Gasteiger partial charge in [-0.15, -0.1) is 0 Å². The summed E-state index contributed by atoms with van der Waals surface area (Å²) in [7, 11) is 1.15. The molecule has 0 saturated carbocycles. The van der Waals surface area contributed by atoms with Gasteiger partial charge in [0, 0.05) is 10.0 Å². The Labute approximate surface area is 108 Å². The third kappa shape index (κ3) is 2.23. The summed E-state index contributed by atoms with van der Waals surface area (Å²) >= 11 is 3.04. The molecule has 0 fully saturated rings. The highest BCUT2D eigenvalue weighted by molar-refractivity contribution is 9.10. The van der Waals surface area contributed by atoms with Gasteiger partial charge in [-0.05, 0) is 28.1 Å². The van der Waals surface area contributed by atoms with Gasteiger partial charge >= 0.3 is 11.9 Å². The number of esters is 1.